The molecule has 0 bridgehead atoms. The van der Waals surface area contributed by atoms with E-state index in [1.54, 1.807) is 21.1 Å². The summed E-state index contributed by atoms with van der Waals surface area (Å²) < 4.78 is 17.3. The number of carbonyl (C=O) groups is 3. The highest BCUT2D eigenvalue weighted by atomic mass is 16.6. The van der Waals surface area contributed by atoms with Crippen LogP contribution < -0.4 is 5.11 Å². The van der Waals surface area contributed by atoms with Gasteiger partial charge < -0.3 is 28.6 Å². The van der Waals surface area contributed by atoms with Gasteiger partial charge in [-0.3, -0.25) is 9.59 Å². The van der Waals surface area contributed by atoms with Crippen molar-refractivity contribution in [3.63, 3.8) is 0 Å². The van der Waals surface area contributed by atoms with Crippen molar-refractivity contribution in [2.75, 3.05) is 41.0 Å². The molecule has 0 aromatic carbocycles. The standard InChI is InChI=1S/C58H105NO7/c1-6-8-10-12-14-16-18-20-22-24-26-28-30-32-34-36-38-40-42-44-46-48-56(60)65-53-54(52-64-51-50-55(58(62)63)59(3,4)5)66-57(61)49-47-45-43-41-39-37-35-33-31-29-27-25-23-21-19-17-15-13-11-9-7-2/h15,17,21,23,27,29,33,35,54-55H,6-14,16,18-20,22,24-26,28,30-32,34,36-53H2,1-5H3/b17-15+,23-21+,29-27+,35-33+. The van der Waals surface area contributed by atoms with Gasteiger partial charge in [0.25, 0.3) is 0 Å². The van der Waals surface area contributed by atoms with E-state index < -0.39 is 18.1 Å². The molecule has 0 saturated carbocycles. The number of unbranched alkanes of at least 4 members (excludes halogenated alkanes) is 28. The number of hydrogen-bond acceptors (Lipinski definition) is 7. The van der Waals surface area contributed by atoms with Crippen LogP contribution in [0, 0.1) is 0 Å². The molecule has 0 radical (unpaired) electrons. The number of nitrogens with zero attached hydrogens (tertiary/aromatic N) is 1. The van der Waals surface area contributed by atoms with Gasteiger partial charge in [-0.05, 0) is 57.8 Å². The number of allylic oxidation sites excluding steroid dienone is 8. The predicted molar refractivity (Wildman–Crippen MR) is 277 cm³/mol. The van der Waals surface area contributed by atoms with Gasteiger partial charge in [-0.1, -0.05) is 223 Å². The zero-order valence-electron chi connectivity index (χ0n) is 43.9. The van der Waals surface area contributed by atoms with Crippen molar-refractivity contribution in [2.24, 2.45) is 0 Å². The second-order valence-corrected chi connectivity index (χ2v) is 19.8. The van der Waals surface area contributed by atoms with Gasteiger partial charge in [-0.15, -0.1) is 0 Å². The van der Waals surface area contributed by atoms with E-state index in [0.29, 0.717) is 12.8 Å². The number of likely N-dealkylation sites (N-methyl/N-ethyl adjacent to an activating group) is 1. The quantitative estimate of drug-likeness (QED) is 0.0259. The highest BCUT2D eigenvalue weighted by Crippen LogP contribution is 2.16. The van der Waals surface area contributed by atoms with Crippen LogP contribution in [-0.2, 0) is 28.6 Å². The normalized spacial score (nSPS) is 13.2. The second-order valence-electron chi connectivity index (χ2n) is 19.8. The molecule has 8 nitrogen and oxygen atoms in total. The largest absolute Gasteiger partial charge is 0.544 e. The molecular weight excluding hydrogens is 823 g/mol. The average Bonchev–Trinajstić information content (AvgIpc) is 3.28. The molecule has 0 spiro atoms. The third-order valence-corrected chi connectivity index (χ3v) is 12.5. The number of hydrogen-bond donors (Lipinski definition) is 0. The summed E-state index contributed by atoms with van der Waals surface area (Å²) in [4.78, 5) is 37.1. The van der Waals surface area contributed by atoms with Crippen LogP contribution in [0.2, 0.25) is 0 Å². The first-order valence-corrected chi connectivity index (χ1v) is 27.7. The molecule has 0 fully saturated rings. The maximum absolute atomic E-state index is 12.8. The average molecular weight is 928 g/mol. The highest BCUT2D eigenvalue weighted by Gasteiger charge is 2.25. The van der Waals surface area contributed by atoms with Gasteiger partial charge >= 0.3 is 11.9 Å². The smallest absolute Gasteiger partial charge is 0.306 e. The Morgan fingerprint density at radius 1 is 0.455 bits per heavy atom. The first-order valence-electron chi connectivity index (χ1n) is 27.7. The zero-order chi connectivity index (χ0) is 48.4. The van der Waals surface area contributed by atoms with Gasteiger partial charge in [0, 0.05) is 19.3 Å². The minimum absolute atomic E-state index is 0.0345. The van der Waals surface area contributed by atoms with Crippen LogP contribution >= 0.6 is 0 Å². The summed E-state index contributed by atoms with van der Waals surface area (Å²) in [7, 11) is 5.42. The molecule has 0 aromatic heterocycles. The van der Waals surface area contributed by atoms with Crippen LogP contribution in [0.25, 0.3) is 0 Å². The van der Waals surface area contributed by atoms with Crippen LogP contribution in [0.4, 0.5) is 0 Å². The first-order chi connectivity index (χ1) is 32.1. The molecule has 0 aliphatic heterocycles. The maximum atomic E-state index is 12.8. The van der Waals surface area contributed by atoms with E-state index in [-0.39, 0.29) is 42.7 Å². The zero-order valence-corrected chi connectivity index (χ0v) is 43.9. The number of carboxylic acid groups (broad SMARTS) is 1. The number of carboxylic acids is 1. The Hall–Kier alpha value is -2.71. The third-order valence-electron chi connectivity index (χ3n) is 12.5. The number of carbonyl (C=O) groups excluding carboxylic acids is 3. The van der Waals surface area contributed by atoms with E-state index in [1.165, 1.54) is 141 Å². The second kappa shape index (κ2) is 48.7. The fourth-order valence-corrected chi connectivity index (χ4v) is 8.17. The van der Waals surface area contributed by atoms with Gasteiger partial charge in [-0.2, -0.15) is 0 Å². The number of esters is 2. The minimum atomic E-state index is -1.13. The van der Waals surface area contributed by atoms with Crippen molar-refractivity contribution in [3.8, 4) is 0 Å². The van der Waals surface area contributed by atoms with Gasteiger partial charge in [0.05, 0.1) is 40.3 Å². The van der Waals surface area contributed by atoms with Crippen molar-refractivity contribution >= 4 is 17.9 Å². The minimum Gasteiger partial charge on any atom is -0.544 e. The van der Waals surface area contributed by atoms with Crippen molar-refractivity contribution in [3.05, 3.63) is 48.6 Å². The summed E-state index contributed by atoms with van der Waals surface area (Å²) >= 11 is 0. The topological polar surface area (TPSA) is 102 Å². The molecule has 0 heterocycles. The molecule has 66 heavy (non-hydrogen) atoms. The molecule has 384 valence electrons. The van der Waals surface area contributed by atoms with Gasteiger partial charge in [0.15, 0.2) is 6.10 Å². The number of rotatable bonds is 50. The number of quaternary nitrogens is 1. The van der Waals surface area contributed by atoms with E-state index in [2.05, 4.69) is 62.5 Å². The van der Waals surface area contributed by atoms with Gasteiger partial charge in [-0.25, -0.2) is 0 Å². The summed E-state index contributed by atoms with van der Waals surface area (Å²) in [5, 5.41) is 11.7. The Kier molecular flexibility index (Phi) is 46.7. The number of aliphatic carboxylic acids is 1. The Morgan fingerprint density at radius 3 is 1.21 bits per heavy atom. The van der Waals surface area contributed by atoms with Crippen LogP contribution in [0.1, 0.15) is 251 Å². The Labute approximate surface area is 407 Å². The fraction of sp³-hybridized carbons (Fsp3) is 0.810. The van der Waals surface area contributed by atoms with Gasteiger partial charge in [0.1, 0.15) is 12.6 Å². The van der Waals surface area contributed by atoms with E-state index in [4.69, 9.17) is 14.2 Å². The van der Waals surface area contributed by atoms with Crippen molar-refractivity contribution in [1.29, 1.82) is 0 Å². The van der Waals surface area contributed by atoms with E-state index in [9.17, 15) is 19.5 Å². The van der Waals surface area contributed by atoms with Crippen LogP contribution in [0.3, 0.4) is 0 Å². The lowest BCUT2D eigenvalue weighted by molar-refractivity contribution is -0.889. The molecule has 0 aliphatic carbocycles. The van der Waals surface area contributed by atoms with E-state index in [0.717, 1.165) is 77.0 Å². The molecular formula is C58H105NO7. The Bertz CT molecular complexity index is 1220. The molecule has 2 atom stereocenters. The molecule has 0 N–H and O–H groups in total. The summed E-state index contributed by atoms with van der Waals surface area (Å²) in [6.45, 7) is 4.65. The molecule has 0 saturated heterocycles. The van der Waals surface area contributed by atoms with Crippen molar-refractivity contribution in [2.45, 2.75) is 264 Å². The van der Waals surface area contributed by atoms with Crippen LogP contribution in [0.15, 0.2) is 48.6 Å². The lowest BCUT2D eigenvalue weighted by Gasteiger charge is -2.34. The summed E-state index contributed by atoms with van der Waals surface area (Å²) in [6, 6.07) is -0.730. The molecule has 0 aromatic rings. The van der Waals surface area contributed by atoms with Gasteiger partial charge in [0.2, 0.25) is 0 Å². The highest BCUT2D eigenvalue weighted by molar-refractivity contribution is 5.70. The van der Waals surface area contributed by atoms with Crippen molar-refractivity contribution in [1.82, 2.24) is 0 Å². The lowest BCUT2D eigenvalue weighted by Crippen LogP contribution is -2.55. The van der Waals surface area contributed by atoms with Crippen molar-refractivity contribution < 1.29 is 38.2 Å². The summed E-state index contributed by atoms with van der Waals surface area (Å²) in [6.07, 6.45) is 60.0. The SMILES string of the molecule is CCCCC/C=C/C/C=C/C/C=C/C/C=C/CCCCCCCC(=O)OC(COCCC(C(=O)[O-])[N+](C)(C)C)COC(=O)CCCCCCCCCCCCCCCCCCCCCCC. The Balaban J connectivity index is 4.22. The van der Waals surface area contributed by atoms with E-state index >= 15 is 0 Å². The first kappa shape index (κ1) is 63.3. The summed E-state index contributed by atoms with van der Waals surface area (Å²) in [5.41, 5.74) is 0. The van der Waals surface area contributed by atoms with Crippen LogP contribution in [0.5, 0.6) is 0 Å². The third kappa shape index (κ3) is 46.4. The van der Waals surface area contributed by atoms with E-state index in [1.807, 2.05) is 0 Å². The number of ether oxygens (including phenoxy) is 3. The summed E-state index contributed by atoms with van der Waals surface area (Å²) in [5.74, 6) is -1.75. The monoisotopic (exact) mass is 928 g/mol. The molecule has 0 amide bonds. The molecule has 2 unspecified atom stereocenters. The molecule has 8 heteroatoms. The molecule has 0 rings (SSSR count). The lowest BCUT2D eigenvalue weighted by atomic mass is 10.0. The molecule has 0 aliphatic rings. The Morgan fingerprint density at radius 2 is 0.803 bits per heavy atom. The van der Waals surface area contributed by atoms with Crippen LogP contribution in [-0.4, -0.2) is 75.5 Å². The fourth-order valence-electron chi connectivity index (χ4n) is 8.17. The predicted octanol–water partition coefficient (Wildman–Crippen LogP) is 15.0. The maximum Gasteiger partial charge on any atom is 0.306 e.